The minimum atomic E-state index is -0.175. The van der Waals surface area contributed by atoms with Crippen LogP contribution in [0, 0.1) is 0 Å². The highest BCUT2D eigenvalue weighted by Crippen LogP contribution is 2.00. The fourth-order valence-corrected chi connectivity index (χ4v) is 1.70. The summed E-state index contributed by atoms with van der Waals surface area (Å²) in [7, 11) is 1.67. The van der Waals surface area contributed by atoms with Crippen molar-refractivity contribution >= 4 is 23.1 Å². The van der Waals surface area contributed by atoms with Crippen LogP contribution in [0.3, 0.4) is 0 Å². The number of nitrogens with two attached hydrogens (primary N) is 1. The molecule has 1 rings (SSSR count). The number of aromatic nitrogens is 2. The van der Waals surface area contributed by atoms with Crippen LogP contribution in [0.15, 0.2) is 17.2 Å². The molecule has 2 N–H and O–H groups in total. The third-order valence-corrected chi connectivity index (χ3v) is 3.06. The molecule has 0 aromatic carbocycles. The molecular weight excluding hydrogens is 264 g/mol. The Hall–Kier alpha value is -1.63. The Balaban J connectivity index is 2.67. The Bertz CT molecular complexity index is 518. The highest BCUT2D eigenvalue weighted by atomic mass is 32.1. The first-order valence-electron chi connectivity index (χ1n) is 6.12. The summed E-state index contributed by atoms with van der Waals surface area (Å²) in [6, 6.07) is 0.0798. The summed E-state index contributed by atoms with van der Waals surface area (Å²) in [5.74, 6) is -0.139. The number of likely N-dealkylation sites (N-methyl/N-ethyl adjacent to an activating group) is 1. The molecule has 1 amide bonds. The van der Waals surface area contributed by atoms with Gasteiger partial charge < -0.3 is 10.6 Å². The van der Waals surface area contributed by atoms with Gasteiger partial charge >= 0.3 is 5.69 Å². The second-order valence-electron chi connectivity index (χ2n) is 4.74. The zero-order chi connectivity index (χ0) is 14.6. The molecule has 0 bridgehead atoms. The van der Waals surface area contributed by atoms with Crippen molar-refractivity contribution in [3.05, 3.63) is 22.9 Å². The lowest BCUT2D eigenvalue weighted by Gasteiger charge is -2.16. The highest BCUT2D eigenvalue weighted by Gasteiger charge is 2.13. The fraction of sp³-hybridized carbons (Fsp3) is 0.583. The first kappa shape index (κ1) is 15.4. The van der Waals surface area contributed by atoms with Gasteiger partial charge in [-0.2, -0.15) is 0 Å². The third kappa shape index (κ3) is 4.20. The van der Waals surface area contributed by atoms with E-state index in [1.54, 1.807) is 24.0 Å². The van der Waals surface area contributed by atoms with Gasteiger partial charge in [0.2, 0.25) is 5.91 Å². The van der Waals surface area contributed by atoms with Crippen molar-refractivity contribution in [1.82, 2.24) is 14.0 Å². The number of thiocarbonyl (C=S) groups is 1. The number of imidazole rings is 1. The van der Waals surface area contributed by atoms with Gasteiger partial charge in [0, 0.05) is 38.4 Å². The van der Waals surface area contributed by atoms with Gasteiger partial charge in [-0.3, -0.25) is 13.9 Å². The average molecular weight is 284 g/mol. The van der Waals surface area contributed by atoms with Crippen molar-refractivity contribution in [1.29, 1.82) is 0 Å². The first-order chi connectivity index (χ1) is 8.82. The Morgan fingerprint density at radius 1 is 1.47 bits per heavy atom. The van der Waals surface area contributed by atoms with Crippen LogP contribution in [0.25, 0.3) is 0 Å². The molecule has 0 aliphatic carbocycles. The summed E-state index contributed by atoms with van der Waals surface area (Å²) in [6.07, 6.45) is 3.80. The standard InChI is InChI=1S/C12H20N4O2S/c1-9(2)16-7-6-15(12(16)18)8-11(17)14(3)5-4-10(13)19/h6-7,9H,4-5,8H2,1-3H3,(H2,13,19). The maximum absolute atomic E-state index is 11.9. The van der Waals surface area contributed by atoms with E-state index in [2.05, 4.69) is 0 Å². The minimum absolute atomic E-state index is 0.0341. The molecule has 1 heterocycles. The normalized spacial score (nSPS) is 10.7. The van der Waals surface area contributed by atoms with Crippen molar-refractivity contribution in [3.63, 3.8) is 0 Å². The number of hydrogen-bond donors (Lipinski definition) is 1. The minimum Gasteiger partial charge on any atom is -0.393 e. The number of amides is 1. The summed E-state index contributed by atoms with van der Waals surface area (Å²) in [5.41, 5.74) is 5.21. The SMILES string of the molecule is CC(C)n1ccn(CC(=O)N(C)CCC(N)=S)c1=O. The molecule has 0 aliphatic rings. The lowest BCUT2D eigenvalue weighted by atomic mass is 10.4. The Kier molecular flexibility index (Phi) is 5.29. The van der Waals surface area contributed by atoms with E-state index in [9.17, 15) is 9.59 Å². The molecule has 0 unspecified atom stereocenters. The third-order valence-electron chi connectivity index (χ3n) is 2.86. The predicted octanol–water partition coefficient (Wildman–Crippen LogP) is 0.365. The molecule has 0 saturated carbocycles. The molecule has 0 saturated heterocycles. The second kappa shape index (κ2) is 6.51. The van der Waals surface area contributed by atoms with Gasteiger partial charge in [0.15, 0.2) is 0 Å². The van der Waals surface area contributed by atoms with E-state index in [1.165, 1.54) is 9.47 Å². The molecule has 0 radical (unpaired) electrons. The van der Waals surface area contributed by atoms with Crippen LogP contribution in [0.2, 0.25) is 0 Å². The van der Waals surface area contributed by atoms with Crippen molar-refractivity contribution in [2.24, 2.45) is 5.73 Å². The molecule has 0 spiro atoms. The van der Waals surface area contributed by atoms with Crippen LogP contribution < -0.4 is 11.4 Å². The van der Waals surface area contributed by atoms with Gasteiger partial charge in [0.25, 0.3) is 0 Å². The lowest BCUT2D eigenvalue weighted by Crippen LogP contribution is -2.36. The summed E-state index contributed by atoms with van der Waals surface area (Å²) in [5, 5.41) is 0. The van der Waals surface area contributed by atoms with Gasteiger partial charge in [0.05, 0.1) is 4.99 Å². The van der Waals surface area contributed by atoms with E-state index < -0.39 is 0 Å². The quantitative estimate of drug-likeness (QED) is 0.766. The molecule has 6 nitrogen and oxygen atoms in total. The smallest absolute Gasteiger partial charge is 0.328 e. The summed E-state index contributed by atoms with van der Waals surface area (Å²) in [6.45, 7) is 4.34. The number of hydrogen-bond acceptors (Lipinski definition) is 3. The zero-order valence-electron chi connectivity index (χ0n) is 11.5. The van der Waals surface area contributed by atoms with Crippen molar-refractivity contribution in [2.75, 3.05) is 13.6 Å². The summed E-state index contributed by atoms with van der Waals surface area (Å²) >= 11 is 4.76. The molecule has 1 aromatic heterocycles. The van der Waals surface area contributed by atoms with Gasteiger partial charge in [0.1, 0.15) is 6.54 Å². The maximum atomic E-state index is 11.9. The first-order valence-corrected chi connectivity index (χ1v) is 6.53. The van der Waals surface area contributed by atoms with Crippen LogP contribution >= 0.6 is 12.2 Å². The number of rotatable bonds is 6. The highest BCUT2D eigenvalue weighted by molar-refractivity contribution is 7.80. The van der Waals surface area contributed by atoms with Crippen LogP contribution in [-0.4, -0.2) is 38.5 Å². The molecule has 0 atom stereocenters. The Morgan fingerprint density at radius 3 is 2.58 bits per heavy atom. The van der Waals surface area contributed by atoms with E-state index >= 15 is 0 Å². The van der Waals surface area contributed by atoms with Gasteiger partial charge in [-0.15, -0.1) is 0 Å². The number of carbonyl (C=O) groups excluding carboxylic acids is 1. The molecule has 0 fully saturated rings. The fourth-order valence-electron chi connectivity index (χ4n) is 1.61. The average Bonchev–Trinajstić information content (AvgIpc) is 2.68. The van der Waals surface area contributed by atoms with Gasteiger partial charge in [-0.1, -0.05) is 12.2 Å². The molecule has 0 aliphatic heterocycles. The zero-order valence-corrected chi connectivity index (χ0v) is 12.3. The van der Waals surface area contributed by atoms with E-state index in [0.29, 0.717) is 18.0 Å². The van der Waals surface area contributed by atoms with Crippen LogP contribution in [0.1, 0.15) is 26.3 Å². The van der Waals surface area contributed by atoms with Crippen LogP contribution in [0.4, 0.5) is 0 Å². The van der Waals surface area contributed by atoms with Crippen molar-refractivity contribution in [3.8, 4) is 0 Å². The van der Waals surface area contributed by atoms with Crippen LogP contribution in [-0.2, 0) is 11.3 Å². The largest absolute Gasteiger partial charge is 0.393 e. The van der Waals surface area contributed by atoms with Gasteiger partial charge in [-0.25, -0.2) is 4.79 Å². The summed E-state index contributed by atoms with van der Waals surface area (Å²) < 4.78 is 2.99. The molecular formula is C12H20N4O2S. The Morgan fingerprint density at radius 2 is 2.11 bits per heavy atom. The molecule has 1 aromatic rings. The van der Waals surface area contributed by atoms with Gasteiger partial charge in [-0.05, 0) is 13.8 Å². The van der Waals surface area contributed by atoms with Crippen molar-refractivity contribution < 1.29 is 4.79 Å². The maximum Gasteiger partial charge on any atom is 0.328 e. The molecule has 7 heteroatoms. The predicted molar refractivity (Wildman–Crippen MR) is 78.1 cm³/mol. The van der Waals surface area contributed by atoms with Crippen molar-refractivity contribution in [2.45, 2.75) is 32.9 Å². The topological polar surface area (TPSA) is 73.3 Å². The van der Waals surface area contributed by atoms with E-state index in [1.807, 2.05) is 13.8 Å². The number of carbonyl (C=O) groups is 1. The number of nitrogens with zero attached hydrogens (tertiary/aromatic N) is 3. The molecule has 106 valence electrons. The second-order valence-corrected chi connectivity index (χ2v) is 5.27. The van der Waals surface area contributed by atoms with E-state index in [4.69, 9.17) is 18.0 Å². The van der Waals surface area contributed by atoms with Crippen LogP contribution in [0.5, 0.6) is 0 Å². The van der Waals surface area contributed by atoms with E-state index in [-0.39, 0.29) is 24.2 Å². The van der Waals surface area contributed by atoms with E-state index in [0.717, 1.165) is 0 Å². The Labute approximate surface area is 117 Å². The monoisotopic (exact) mass is 284 g/mol. The summed E-state index contributed by atoms with van der Waals surface area (Å²) in [4.78, 5) is 25.8. The lowest BCUT2D eigenvalue weighted by molar-refractivity contribution is -0.130. The molecule has 19 heavy (non-hydrogen) atoms.